The molecular weight excluding hydrogens is 923 g/mol. The molecule has 2 aliphatic heterocycles. The molecule has 74 heavy (non-hydrogen) atoms. The average molecular weight is 1010 g/mol. The van der Waals surface area contributed by atoms with Crippen LogP contribution in [-0.2, 0) is 20.9 Å². The van der Waals surface area contributed by atoms with Crippen molar-refractivity contribution < 1.29 is 34.8 Å². The zero-order valence-corrected chi connectivity index (χ0v) is 45.3. The number of phenolic OH excluding ortho intramolecular Hbond substituents is 1. The predicted octanol–water partition coefficient (Wildman–Crippen LogP) is 10.2. The van der Waals surface area contributed by atoms with Gasteiger partial charge in [-0.15, -0.1) is 0 Å². The first-order valence-corrected chi connectivity index (χ1v) is 29.7. The van der Waals surface area contributed by atoms with Gasteiger partial charge in [-0.25, -0.2) is 0 Å². The largest absolute Gasteiger partial charge is 0.508 e. The lowest BCUT2D eigenvalue weighted by atomic mass is 9.31. The van der Waals surface area contributed by atoms with Crippen LogP contribution in [0.1, 0.15) is 178 Å². The quantitative estimate of drug-likeness (QED) is 0.0689. The van der Waals surface area contributed by atoms with Gasteiger partial charge >= 0.3 is 0 Å². The molecule has 0 amide bonds. The van der Waals surface area contributed by atoms with Gasteiger partial charge in [0.1, 0.15) is 17.6 Å². The van der Waals surface area contributed by atoms with Crippen LogP contribution in [0.2, 0.25) is 0 Å². The molecule has 2 aromatic rings. The molecule has 2 bridgehead atoms. The Kier molecular flexibility index (Phi) is 12.9. The summed E-state index contributed by atoms with van der Waals surface area (Å²) < 4.78 is 6.88. The van der Waals surface area contributed by atoms with E-state index in [0.29, 0.717) is 68.7 Å². The van der Waals surface area contributed by atoms with Crippen molar-refractivity contribution in [1.29, 1.82) is 0 Å². The Hall–Kier alpha value is -3.38. The number of aliphatic hydroxyl groups is 3. The fourth-order valence-corrected chi connectivity index (χ4v) is 21.1. The number of nitrogen functional groups attached to an aromatic ring is 1. The first-order valence-electron chi connectivity index (χ1n) is 29.7. The lowest BCUT2D eigenvalue weighted by Gasteiger charge is -2.73. The molecule has 6 saturated carbocycles. The first-order chi connectivity index (χ1) is 35.4. The number of β-amino-alcohol motifs (C(OH)–C–C–N with tert-alkyl or cyclic N) is 1. The zero-order valence-electron chi connectivity index (χ0n) is 45.3. The molecule has 11 aliphatic rings. The number of aromatic hydroxyl groups is 1. The Bertz CT molecular complexity index is 2590. The van der Waals surface area contributed by atoms with E-state index in [1.165, 1.54) is 24.0 Å². The van der Waals surface area contributed by atoms with E-state index in [2.05, 4.69) is 67.8 Å². The van der Waals surface area contributed by atoms with Crippen molar-refractivity contribution >= 4 is 17.3 Å². The molecule has 8 N–H and O–H groups in total. The van der Waals surface area contributed by atoms with Gasteiger partial charge in [-0.2, -0.15) is 0 Å². The van der Waals surface area contributed by atoms with E-state index < -0.39 is 44.9 Å². The van der Waals surface area contributed by atoms with E-state index in [1.54, 1.807) is 6.07 Å². The highest BCUT2D eigenvalue weighted by Crippen LogP contribution is 2.79. The summed E-state index contributed by atoms with van der Waals surface area (Å²) in [6, 6.07) is 14.0. The lowest BCUT2D eigenvalue weighted by Crippen LogP contribution is -2.73. The average Bonchev–Trinajstić information content (AvgIpc) is 3.76. The molecule has 13 rings (SSSR count). The number of nitrogens with two attached hydrogens (primary N) is 1. The maximum absolute atomic E-state index is 16.1. The number of benzene rings is 2. The van der Waals surface area contributed by atoms with Crippen molar-refractivity contribution in [2.75, 3.05) is 25.9 Å². The Labute approximate surface area is 441 Å². The van der Waals surface area contributed by atoms with Gasteiger partial charge in [-0.05, 0) is 209 Å². The minimum atomic E-state index is -0.928. The third kappa shape index (κ3) is 7.64. The summed E-state index contributed by atoms with van der Waals surface area (Å²) in [5.41, 5.74) is 8.96. The van der Waals surface area contributed by atoms with E-state index in [4.69, 9.17) is 10.5 Å². The summed E-state index contributed by atoms with van der Waals surface area (Å²) in [6.45, 7) is 10.1. The molecule has 402 valence electrons. The van der Waals surface area contributed by atoms with Gasteiger partial charge in [0.2, 0.25) is 0 Å². The van der Waals surface area contributed by atoms with Gasteiger partial charge in [0, 0.05) is 48.7 Å². The van der Waals surface area contributed by atoms with E-state index in [1.807, 2.05) is 26.1 Å². The van der Waals surface area contributed by atoms with Gasteiger partial charge in [-0.1, -0.05) is 88.3 Å². The SMILES string of the molecule is CNCc1cc(O)cc([C@H]2C(=O)[C@]34CC=C[C@@H]2[C@@]2(C)[C@H]5CCC6=C([C@@H]7[C@H]8CCCC[C@H]8CC[C@H]7[C@@H](O)[C@H]7O[C@]7(C)[C@@H]7CCC[C@H]7c7cccc(N)c7)C(=O)C[C@]6(C)[C@@]5(CCO)C[C@H](NC[C@](C)(O)CCCC3)[C@@H]42)c1. The second kappa shape index (κ2) is 18.6. The van der Waals surface area contributed by atoms with Crippen LogP contribution in [0.25, 0.3) is 0 Å². The molecule has 2 aromatic carbocycles. The van der Waals surface area contributed by atoms with E-state index in [-0.39, 0.29) is 65.8 Å². The smallest absolute Gasteiger partial charge is 0.160 e. The van der Waals surface area contributed by atoms with Crippen molar-refractivity contribution in [3.05, 3.63) is 82.5 Å². The van der Waals surface area contributed by atoms with Crippen molar-refractivity contribution in [2.24, 2.45) is 69.0 Å². The van der Waals surface area contributed by atoms with Crippen LogP contribution in [0.15, 0.2) is 65.8 Å². The van der Waals surface area contributed by atoms with Crippen LogP contribution in [0, 0.1) is 69.0 Å². The van der Waals surface area contributed by atoms with Crippen molar-refractivity contribution in [3.63, 3.8) is 0 Å². The zero-order chi connectivity index (χ0) is 51.7. The molecule has 8 fully saturated rings. The lowest BCUT2D eigenvalue weighted by molar-refractivity contribution is -0.220. The second-order valence-electron chi connectivity index (χ2n) is 27.4. The topological polar surface area (TPSA) is 178 Å². The number of fused-ring (bicyclic) bond motifs is 6. The Balaban J connectivity index is 0.974. The van der Waals surface area contributed by atoms with Crippen LogP contribution in [0.3, 0.4) is 0 Å². The molecule has 2 saturated heterocycles. The Morgan fingerprint density at radius 1 is 0.919 bits per heavy atom. The predicted molar refractivity (Wildman–Crippen MR) is 289 cm³/mol. The van der Waals surface area contributed by atoms with Crippen LogP contribution in [-0.4, -0.2) is 81.6 Å². The number of anilines is 1. The molecule has 0 aromatic heterocycles. The number of allylic oxidation sites excluding steroid dienone is 4. The number of phenols is 1. The molecule has 0 unspecified atom stereocenters. The fourth-order valence-electron chi connectivity index (χ4n) is 21.1. The number of epoxide rings is 1. The highest BCUT2D eigenvalue weighted by Gasteiger charge is 2.76. The summed E-state index contributed by atoms with van der Waals surface area (Å²) >= 11 is 0. The molecule has 0 radical (unpaired) electrons. The van der Waals surface area contributed by atoms with Crippen LogP contribution >= 0.6 is 0 Å². The summed E-state index contributed by atoms with van der Waals surface area (Å²) in [6.07, 6.45) is 20.6. The number of ketones is 2. The molecule has 2 heterocycles. The number of aliphatic hydroxyl groups excluding tert-OH is 2. The minimum absolute atomic E-state index is 0.00712. The number of carbonyl (C=O) groups is 2. The molecule has 9 aliphatic carbocycles. The molecule has 10 nitrogen and oxygen atoms in total. The number of rotatable bonds is 10. The first kappa shape index (κ1) is 51.4. The normalized spacial score (nSPS) is 46.1. The molecule has 1 spiro atoms. The Morgan fingerprint density at radius 3 is 2.53 bits per heavy atom. The maximum atomic E-state index is 16.1. The standard InChI is InChI=1S/C64H89N3O7/c1-59(73)24-8-9-25-63-26-12-19-48(52(57(63)72)40-29-37(35-66-5)30-42(69)32-40)61(3)51-23-22-47-54(50(70)34-60(47,2)64(51,27-28-68)33-49(56(61)63)67-36-59)53-44-16-7-6-13-38(44)20-21-45(53)55(71)58-62(4,74-58)46-18-11-17-43(46)39-14-10-15-41(65)31-39/h10,12,14-15,19,29-32,38,43-46,48-49,51-53,55-56,58,66-69,71,73H,6-9,11,13,16-18,20-28,33-36,65H2,1-5H3/t38-,43-,44-,45+,46+,48-,49-,51+,52+,53+,55+,56+,58+,59+,60-,61-,62+,63-,64-/m0/s1. The minimum Gasteiger partial charge on any atom is -0.508 e. The number of nitrogens with one attached hydrogen (secondary N) is 2. The number of Topliss-reactive ketones (excluding diaryl/α,β-unsaturated/α-hetero) is 2. The van der Waals surface area contributed by atoms with Crippen LogP contribution in [0.5, 0.6) is 5.75 Å². The van der Waals surface area contributed by atoms with Gasteiger partial charge in [0.25, 0.3) is 0 Å². The Morgan fingerprint density at radius 2 is 1.73 bits per heavy atom. The second-order valence-corrected chi connectivity index (χ2v) is 27.4. The van der Waals surface area contributed by atoms with Crippen molar-refractivity contribution in [2.45, 2.75) is 198 Å². The molecule has 10 heteroatoms. The highest BCUT2D eigenvalue weighted by atomic mass is 16.6. The fraction of sp³-hybridized carbons (Fsp3) is 0.719. The number of carbonyl (C=O) groups excluding carboxylic acids is 2. The maximum Gasteiger partial charge on any atom is 0.160 e. The van der Waals surface area contributed by atoms with E-state index in [0.717, 1.165) is 99.4 Å². The highest BCUT2D eigenvalue weighted by molar-refractivity contribution is 6.01. The van der Waals surface area contributed by atoms with Crippen LogP contribution in [0.4, 0.5) is 5.69 Å². The molecular formula is C64H89N3O7. The molecule has 19 atom stereocenters. The van der Waals surface area contributed by atoms with Crippen molar-refractivity contribution in [1.82, 2.24) is 10.6 Å². The third-order valence-electron chi connectivity index (χ3n) is 23.9. The summed E-state index contributed by atoms with van der Waals surface area (Å²) in [5.74, 6) is 1.42. The monoisotopic (exact) mass is 1010 g/mol. The summed E-state index contributed by atoms with van der Waals surface area (Å²) in [7, 11) is 1.91. The summed E-state index contributed by atoms with van der Waals surface area (Å²) in [4.78, 5) is 32.0. The summed E-state index contributed by atoms with van der Waals surface area (Å²) in [5, 5.41) is 55.4. The number of hydrogen-bond donors (Lipinski definition) is 7. The van der Waals surface area contributed by atoms with E-state index >= 15 is 9.59 Å². The number of hydrogen-bond acceptors (Lipinski definition) is 10. The number of ether oxygens (including phenoxy) is 1. The van der Waals surface area contributed by atoms with Gasteiger partial charge < -0.3 is 41.5 Å². The van der Waals surface area contributed by atoms with Gasteiger partial charge in [0.15, 0.2) is 5.78 Å². The van der Waals surface area contributed by atoms with Crippen LogP contribution < -0.4 is 16.4 Å². The third-order valence-corrected chi connectivity index (χ3v) is 23.9. The van der Waals surface area contributed by atoms with Gasteiger partial charge in [0.05, 0.1) is 23.2 Å². The van der Waals surface area contributed by atoms with E-state index in [9.17, 15) is 20.4 Å². The van der Waals surface area contributed by atoms with Gasteiger partial charge in [-0.3, -0.25) is 9.59 Å². The van der Waals surface area contributed by atoms with Crippen molar-refractivity contribution in [3.8, 4) is 5.75 Å².